The number of halogens is 1. The minimum Gasteiger partial charge on any atom is -0.321 e. The molecular formula is C18H15ClN4O. The summed E-state index contributed by atoms with van der Waals surface area (Å²) in [7, 11) is 0. The number of aromatic nitrogens is 1. The highest BCUT2D eigenvalue weighted by atomic mass is 35.5. The third-order valence-electron chi connectivity index (χ3n) is 4.12. The van der Waals surface area contributed by atoms with E-state index in [4.69, 9.17) is 16.9 Å². The van der Waals surface area contributed by atoms with Gasteiger partial charge in [0.25, 0.3) is 5.91 Å². The molecule has 1 aliphatic rings. The van der Waals surface area contributed by atoms with Crippen molar-refractivity contribution in [1.29, 1.82) is 5.26 Å². The summed E-state index contributed by atoms with van der Waals surface area (Å²) >= 11 is 6.23. The average molecular weight is 339 g/mol. The number of pyridine rings is 1. The Balaban J connectivity index is 1.93. The third kappa shape index (κ3) is 2.66. The predicted molar refractivity (Wildman–Crippen MR) is 93.7 cm³/mol. The lowest BCUT2D eigenvalue weighted by Crippen LogP contribution is -2.16. The number of rotatable bonds is 2. The number of nitrogens with zero attached hydrogens (tertiary/aromatic N) is 3. The number of amides is 1. The van der Waals surface area contributed by atoms with Crippen molar-refractivity contribution in [3.8, 4) is 6.07 Å². The first-order valence-electron chi connectivity index (χ1n) is 7.45. The number of carbonyl (C=O) groups excluding carboxylic acids is 1. The third-order valence-corrected chi connectivity index (χ3v) is 4.59. The van der Waals surface area contributed by atoms with Gasteiger partial charge in [0.1, 0.15) is 11.8 Å². The number of fused-ring (bicyclic) bond motifs is 1. The first-order valence-corrected chi connectivity index (χ1v) is 7.82. The maximum absolute atomic E-state index is 12.5. The van der Waals surface area contributed by atoms with Gasteiger partial charge < -0.3 is 5.32 Å². The molecule has 1 aromatic carbocycles. The summed E-state index contributed by atoms with van der Waals surface area (Å²) in [6, 6.07) is 7.75. The van der Waals surface area contributed by atoms with Gasteiger partial charge in [-0.1, -0.05) is 17.7 Å². The Morgan fingerprint density at radius 2 is 2.08 bits per heavy atom. The molecule has 1 N–H and O–H groups in total. The number of hydrogen-bond acceptors (Lipinski definition) is 4. The Morgan fingerprint density at radius 1 is 1.33 bits per heavy atom. The van der Waals surface area contributed by atoms with Gasteiger partial charge in [-0.05, 0) is 44.0 Å². The Morgan fingerprint density at radius 3 is 2.79 bits per heavy atom. The molecule has 0 fully saturated rings. The van der Waals surface area contributed by atoms with E-state index in [1.54, 1.807) is 13.8 Å². The lowest BCUT2D eigenvalue weighted by Gasteiger charge is -2.11. The van der Waals surface area contributed by atoms with Crippen LogP contribution in [0.1, 0.15) is 45.4 Å². The van der Waals surface area contributed by atoms with Gasteiger partial charge in [-0.2, -0.15) is 5.26 Å². The number of nitrogens with one attached hydrogen (secondary N) is 1. The highest BCUT2D eigenvalue weighted by Crippen LogP contribution is 2.26. The number of carbonyl (C=O) groups is 1. The van der Waals surface area contributed by atoms with Crippen molar-refractivity contribution in [2.45, 2.75) is 27.3 Å². The normalized spacial score (nSPS) is 12.4. The van der Waals surface area contributed by atoms with Gasteiger partial charge >= 0.3 is 0 Å². The molecule has 0 saturated heterocycles. The van der Waals surface area contributed by atoms with E-state index in [1.807, 2.05) is 25.1 Å². The number of anilines is 1. The van der Waals surface area contributed by atoms with Gasteiger partial charge in [0.15, 0.2) is 0 Å². The van der Waals surface area contributed by atoms with Crippen LogP contribution in [0.5, 0.6) is 0 Å². The van der Waals surface area contributed by atoms with E-state index in [0.29, 0.717) is 29.1 Å². The topological polar surface area (TPSA) is 78.1 Å². The molecule has 1 aromatic heterocycles. The first-order chi connectivity index (χ1) is 11.4. The monoisotopic (exact) mass is 338 g/mol. The molecule has 0 radical (unpaired) electrons. The van der Waals surface area contributed by atoms with Gasteiger partial charge in [-0.3, -0.25) is 9.79 Å². The van der Waals surface area contributed by atoms with Crippen LogP contribution in [0.3, 0.4) is 0 Å². The summed E-state index contributed by atoms with van der Waals surface area (Å²) in [6.07, 6.45) is 0. The SMILES string of the molecule is CC1=NCc2ccc(NC(=O)c3nc(C)c(C#N)c(C)c3Cl)cc21. The van der Waals surface area contributed by atoms with Crippen molar-refractivity contribution in [3.63, 3.8) is 0 Å². The highest BCUT2D eigenvalue weighted by molar-refractivity contribution is 6.35. The molecule has 0 aliphatic carbocycles. The molecule has 1 amide bonds. The van der Waals surface area contributed by atoms with E-state index in [2.05, 4.69) is 21.4 Å². The average Bonchev–Trinajstić information content (AvgIpc) is 2.92. The Bertz CT molecular complexity index is 941. The molecule has 0 atom stereocenters. The molecule has 1 aliphatic heterocycles. The van der Waals surface area contributed by atoms with Crippen molar-refractivity contribution in [1.82, 2.24) is 4.98 Å². The van der Waals surface area contributed by atoms with Crippen LogP contribution < -0.4 is 5.32 Å². The van der Waals surface area contributed by atoms with E-state index in [1.165, 1.54) is 0 Å². The van der Waals surface area contributed by atoms with E-state index in [0.717, 1.165) is 16.8 Å². The zero-order valence-corrected chi connectivity index (χ0v) is 14.3. The van der Waals surface area contributed by atoms with Gasteiger partial charge in [0.2, 0.25) is 0 Å². The fourth-order valence-corrected chi connectivity index (χ4v) is 2.98. The smallest absolute Gasteiger partial charge is 0.275 e. The fourth-order valence-electron chi connectivity index (χ4n) is 2.75. The van der Waals surface area contributed by atoms with Crippen LogP contribution in [-0.4, -0.2) is 16.6 Å². The first kappa shape index (κ1) is 16.2. The Kier molecular flexibility index (Phi) is 4.08. The minimum atomic E-state index is -0.400. The molecule has 0 saturated carbocycles. The van der Waals surface area contributed by atoms with Crippen molar-refractivity contribution in [3.05, 3.63) is 56.9 Å². The maximum atomic E-state index is 12.5. The molecule has 2 heterocycles. The molecule has 0 unspecified atom stereocenters. The summed E-state index contributed by atoms with van der Waals surface area (Å²) < 4.78 is 0. The highest BCUT2D eigenvalue weighted by Gasteiger charge is 2.20. The van der Waals surface area contributed by atoms with E-state index in [9.17, 15) is 4.79 Å². The van der Waals surface area contributed by atoms with Gasteiger partial charge in [0.05, 0.1) is 22.8 Å². The minimum absolute atomic E-state index is 0.122. The summed E-state index contributed by atoms with van der Waals surface area (Å²) in [6.45, 7) is 6.02. The van der Waals surface area contributed by atoms with Crippen molar-refractivity contribution >= 4 is 28.9 Å². The van der Waals surface area contributed by atoms with Crippen LogP contribution in [0.25, 0.3) is 0 Å². The van der Waals surface area contributed by atoms with Gasteiger partial charge in [-0.15, -0.1) is 0 Å². The lowest BCUT2D eigenvalue weighted by atomic mass is 10.1. The number of aliphatic imine (C=N–C) groups is 1. The molecule has 0 bridgehead atoms. The Hall–Kier alpha value is -2.71. The van der Waals surface area contributed by atoms with Gasteiger partial charge in [-0.25, -0.2) is 4.98 Å². The molecule has 0 spiro atoms. The predicted octanol–water partition coefficient (Wildman–Crippen LogP) is 3.80. The summed E-state index contributed by atoms with van der Waals surface area (Å²) in [5, 5.41) is 12.2. The van der Waals surface area contributed by atoms with E-state index in [-0.39, 0.29) is 10.7 Å². The quantitative estimate of drug-likeness (QED) is 0.904. The summed E-state index contributed by atoms with van der Waals surface area (Å²) in [4.78, 5) is 21.1. The summed E-state index contributed by atoms with van der Waals surface area (Å²) in [5.41, 5.74) is 5.38. The van der Waals surface area contributed by atoms with E-state index >= 15 is 0 Å². The molecule has 3 rings (SSSR count). The Labute approximate surface area is 145 Å². The number of hydrogen-bond donors (Lipinski definition) is 1. The maximum Gasteiger partial charge on any atom is 0.275 e. The number of benzene rings is 1. The number of aryl methyl sites for hydroxylation is 1. The van der Waals surface area contributed by atoms with Crippen LogP contribution in [0, 0.1) is 25.2 Å². The molecule has 5 nitrogen and oxygen atoms in total. The second-order valence-corrected chi connectivity index (χ2v) is 6.08. The van der Waals surface area contributed by atoms with Crippen LogP contribution in [-0.2, 0) is 6.54 Å². The molecular weight excluding hydrogens is 324 g/mol. The van der Waals surface area contributed by atoms with Crippen molar-refractivity contribution in [2.75, 3.05) is 5.32 Å². The summed E-state index contributed by atoms with van der Waals surface area (Å²) in [5.74, 6) is -0.400. The van der Waals surface area contributed by atoms with Crippen molar-refractivity contribution < 1.29 is 4.79 Å². The molecule has 24 heavy (non-hydrogen) atoms. The van der Waals surface area contributed by atoms with E-state index < -0.39 is 5.91 Å². The standard InChI is InChI=1S/C18H15ClN4O/c1-9-15(7-20)11(3)22-17(16(9)19)18(24)23-13-5-4-12-8-21-10(2)14(12)6-13/h4-6H,8H2,1-3H3,(H,23,24). The van der Waals surface area contributed by atoms with Crippen LogP contribution >= 0.6 is 11.6 Å². The van der Waals surface area contributed by atoms with Crippen LogP contribution in [0.2, 0.25) is 5.02 Å². The van der Waals surface area contributed by atoms with Gasteiger partial charge in [0, 0.05) is 17.0 Å². The fraction of sp³-hybridized carbons (Fsp3) is 0.222. The van der Waals surface area contributed by atoms with Crippen LogP contribution in [0.15, 0.2) is 23.2 Å². The zero-order chi connectivity index (χ0) is 17.4. The van der Waals surface area contributed by atoms with Crippen LogP contribution in [0.4, 0.5) is 5.69 Å². The molecule has 120 valence electrons. The second-order valence-electron chi connectivity index (χ2n) is 5.70. The van der Waals surface area contributed by atoms with Crippen molar-refractivity contribution in [2.24, 2.45) is 4.99 Å². The zero-order valence-electron chi connectivity index (χ0n) is 13.6. The lowest BCUT2D eigenvalue weighted by molar-refractivity contribution is 0.102. The number of nitriles is 1. The molecule has 6 heteroatoms. The molecule has 2 aromatic rings. The second kappa shape index (κ2) is 6.06. The largest absolute Gasteiger partial charge is 0.321 e.